The maximum absolute atomic E-state index is 6.55. The van der Waals surface area contributed by atoms with E-state index in [1.807, 2.05) is 66.7 Å². The van der Waals surface area contributed by atoms with Crippen molar-refractivity contribution in [3.05, 3.63) is 91.0 Å². The van der Waals surface area contributed by atoms with Crippen molar-refractivity contribution in [3.63, 3.8) is 0 Å². The summed E-state index contributed by atoms with van der Waals surface area (Å²) in [6.45, 7) is 2.17. The first kappa shape index (κ1) is 16.3. The Morgan fingerprint density at radius 2 is 1.04 bits per heavy atom. The molecule has 0 N–H and O–H groups in total. The molecule has 122 valence electrons. The van der Waals surface area contributed by atoms with Crippen molar-refractivity contribution in [1.29, 1.82) is 0 Å². The SMILES string of the molecule is CCC[Si](Oc1ccccc1)(Oc1ccccc1)c1ccccc1. The van der Waals surface area contributed by atoms with Crippen LogP contribution in [0.5, 0.6) is 11.5 Å². The number of rotatable bonds is 7. The lowest BCUT2D eigenvalue weighted by atomic mass is 10.3. The monoisotopic (exact) mass is 334 g/mol. The normalized spacial score (nSPS) is 11.0. The number of hydrogen-bond donors (Lipinski definition) is 0. The molecule has 0 aromatic heterocycles. The zero-order valence-corrected chi connectivity index (χ0v) is 14.9. The highest BCUT2D eigenvalue weighted by Crippen LogP contribution is 2.24. The number of hydrogen-bond acceptors (Lipinski definition) is 2. The van der Waals surface area contributed by atoms with Crippen LogP contribution in [-0.4, -0.2) is 8.56 Å². The van der Waals surface area contributed by atoms with Gasteiger partial charge in [-0.25, -0.2) is 0 Å². The molecule has 0 fully saturated rings. The summed E-state index contributed by atoms with van der Waals surface area (Å²) >= 11 is 0. The molecule has 0 saturated heterocycles. The van der Waals surface area contributed by atoms with Crippen LogP contribution in [0.4, 0.5) is 0 Å². The molecule has 3 aromatic carbocycles. The minimum absolute atomic E-state index is 0.859. The Balaban J connectivity index is 2.02. The van der Waals surface area contributed by atoms with Gasteiger partial charge in [-0.05, 0) is 24.3 Å². The van der Waals surface area contributed by atoms with Gasteiger partial charge in [0.05, 0.1) is 0 Å². The fourth-order valence-electron chi connectivity index (χ4n) is 2.76. The summed E-state index contributed by atoms with van der Waals surface area (Å²) < 4.78 is 13.1. The summed E-state index contributed by atoms with van der Waals surface area (Å²) in [6.07, 6.45) is 1.00. The minimum atomic E-state index is -2.65. The molecule has 0 bridgehead atoms. The summed E-state index contributed by atoms with van der Waals surface area (Å²) in [4.78, 5) is 0. The second-order valence-corrected chi connectivity index (χ2v) is 8.69. The van der Waals surface area contributed by atoms with Gasteiger partial charge in [-0.2, -0.15) is 0 Å². The highest BCUT2D eigenvalue weighted by Gasteiger charge is 2.44. The van der Waals surface area contributed by atoms with E-state index in [0.29, 0.717) is 0 Å². The summed E-state index contributed by atoms with van der Waals surface area (Å²) in [5.41, 5.74) is 0. The van der Waals surface area contributed by atoms with E-state index in [1.165, 1.54) is 0 Å². The molecule has 0 radical (unpaired) electrons. The first-order chi connectivity index (χ1) is 11.8. The van der Waals surface area contributed by atoms with Crippen molar-refractivity contribution in [2.24, 2.45) is 0 Å². The fraction of sp³-hybridized carbons (Fsp3) is 0.143. The third kappa shape index (κ3) is 3.87. The van der Waals surface area contributed by atoms with Crippen molar-refractivity contribution in [2.75, 3.05) is 0 Å². The van der Waals surface area contributed by atoms with Crippen molar-refractivity contribution >= 4 is 13.7 Å². The van der Waals surface area contributed by atoms with Gasteiger partial charge in [-0.15, -0.1) is 0 Å². The second kappa shape index (κ2) is 7.84. The topological polar surface area (TPSA) is 18.5 Å². The van der Waals surface area contributed by atoms with Gasteiger partial charge in [0.2, 0.25) is 0 Å². The molecule has 0 aliphatic rings. The first-order valence-electron chi connectivity index (χ1n) is 8.36. The molecule has 0 unspecified atom stereocenters. The lowest BCUT2D eigenvalue weighted by Gasteiger charge is -2.31. The largest absolute Gasteiger partial charge is 0.509 e. The fourth-order valence-corrected chi connectivity index (χ4v) is 5.93. The van der Waals surface area contributed by atoms with Crippen LogP contribution < -0.4 is 14.0 Å². The highest BCUT2D eigenvalue weighted by atomic mass is 28.4. The van der Waals surface area contributed by atoms with Crippen LogP contribution in [0.15, 0.2) is 91.0 Å². The van der Waals surface area contributed by atoms with Crippen LogP contribution in [0.2, 0.25) is 6.04 Å². The van der Waals surface area contributed by atoms with Crippen molar-refractivity contribution in [2.45, 2.75) is 19.4 Å². The standard InChI is InChI=1S/C21H22O2Si/c1-2-18-24(21-16-10-5-11-17-21,22-19-12-6-3-7-13-19)23-20-14-8-4-9-15-20/h3-17H,2,18H2,1H3. The van der Waals surface area contributed by atoms with E-state index in [4.69, 9.17) is 8.85 Å². The van der Waals surface area contributed by atoms with E-state index >= 15 is 0 Å². The van der Waals surface area contributed by atoms with Crippen LogP contribution in [-0.2, 0) is 0 Å². The second-order valence-electron chi connectivity index (χ2n) is 5.70. The molecule has 0 amide bonds. The van der Waals surface area contributed by atoms with Gasteiger partial charge in [0.1, 0.15) is 11.5 Å². The Morgan fingerprint density at radius 3 is 1.46 bits per heavy atom. The smallest absolute Gasteiger partial charge is 0.495 e. The van der Waals surface area contributed by atoms with Crippen LogP contribution in [0.1, 0.15) is 13.3 Å². The van der Waals surface area contributed by atoms with Gasteiger partial charge in [0.25, 0.3) is 0 Å². The number of benzene rings is 3. The quantitative estimate of drug-likeness (QED) is 0.572. The molecule has 24 heavy (non-hydrogen) atoms. The molecule has 0 aliphatic heterocycles. The molecule has 2 nitrogen and oxygen atoms in total. The predicted octanol–water partition coefficient (Wildman–Crippen LogP) is 4.90. The van der Waals surface area contributed by atoms with Gasteiger partial charge in [0, 0.05) is 11.2 Å². The molecule has 3 heteroatoms. The van der Waals surface area contributed by atoms with Crippen molar-refractivity contribution in [1.82, 2.24) is 0 Å². The summed E-state index contributed by atoms with van der Waals surface area (Å²) in [6, 6.07) is 31.2. The van der Waals surface area contributed by atoms with E-state index in [1.54, 1.807) is 0 Å². The average Bonchev–Trinajstić information content (AvgIpc) is 2.64. The molecular formula is C21H22O2Si. The Morgan fingerprint density at radius 1 is 0.625 bits per heavy atom. The van der Waals surface area contributed by atoms with E-state index in [2.05, 4.69) is 31.2 Å². The molecule has 0 saturated carbocycles. The molecule has 0 spiro atoms. The predicted molar refractivity (Wildman–Crippen MR) is 101 cm³/mol. The number of para-hydroxylation sites is 2. The zero-order chi connectivity index (χ0) is 16.7. The van der Waals surface area contributed by atoms with E-state index in [9.17, 15) is 0 Å². The van der Waals surface area contributed by atoms with E-state index in [-0.39, 0.29) is 0 Å². The van der Waals surface area contributed by atoms with Gasteiger partial charge < -0.3 is 8.85 Å². The summed E-state index contributed by atoms with van der Waals surface area (Å²) in [5.74, 6) is 1.72. The Hall–Kier alpha value is -2.52. The lowest BCUT2D eigenvalue weighted by molar-refractivity contribution is 0.396. The van der Waals surface area contributed by atoms with Crippen LogP contribution in [0, 0.1) is 0 Å². The Labute approximate surface area is 144 Å². The maximum Gasteiger partial charge on any atom is 0.495 e. The van der Waals surface area contributed by atoms with Gasteiger partial charge in [-0.3, -0.25) is 0 Å². The first-order valence-corrected chi connectivity index (χ1v) is 10.4. The molecular weight excluding hydrogens is 312 g/mol. The Kier molecular flexibility index (Phi) is 5.34. The molecule has 0 aliphatic carbocycles. The lowest BCUT2D eigenvalue weighted by Crippen LogP contribution is -2.59. The molecule has 0 atom stereocenters. The molecule has 3 aromatic rings. The van der Waals surface area contributed by atoms with Crippen molar-refractivity contribution < 1.29 is 8.85 Å². The average molecular weight is 334 g/mol. The van der Waals surface area contributed by atoms with E-state index < -0.39 is 8.56 Å². The minimum Gasteiger partial charge on any atom is -0.509 e. The third-order valence-corrected chi connectivity index (χ3v) is 7.35. The van der Waals surface area contributed by atoms with Crippen LogP contribution in [0.25, 0.3) is 0 Å². The maximum atomic E-state index is 6.55. The van der Waals surface area contributed by atoms with Crippen LogP contribution >= 0.6 is 0 Å². The van der Waals surface area contributed by atoms with Crippen LogP contribution in [0.3, 0.4) is 0 Å². The third-order valence-electron chi connectivity index (χ3n) is 3.84. The zero-order valence-electron chi connectivity index (χ0n) is 13.9. The van der Waals surface area contributed by atoms with Gasteiger partial charge in [-0.1, -0.05) is 80.1 Å². The van der Waals surface area contributed by atoms with Gasteiger partial charge >= 0.3 is 8.56 Å². The molecule has 0 heterocycles. The summed E-state index contributed by atoms with van der Waals surface area (Å²) in [7, 11) is -2.65. The summed E-state index contributed by atoms with van der Waals surface area (Å²) in [5, 5.41) is 1.15. The Bertz CT molecular complexity index is 688. The highest BCUT2D eigenvalue weighted by molar-refractivity contribution is 6.82. The van der Waals surface area contributed by atoms with Crippen molar-refractivity contribution in [3.8, 4) is 11.5 Å². The van der Waals surface area contributed by atoms with E-state index in [0.717, 1.165) is 29.2 Å². The molecule has 3 rings (SSSR count). The van der Waals surface area contributed by atoms with Gasteiger partial charge in [0.15, 0.2) is 0 Å².